The Hall–Kier alpha value is -1.81. The maximum atomic E-state index is 10.9. The van der Waals surface area contributed by atoms with Crippen LogP contribution in [0.25, 0.3) is 0 Å². The van der Waals surface area contributed by atoms with Gasteiger partial charge in [-0.3, -0.25) is 24.0 Å². The number of hydrogen-bond acceptors (Lipinski definition) is 5. The minimum Gasteiger partial charge on any atom is -0.383 e. The van der Waals surface area contributed by atoms with Gasteiger partial charge in [0.05, 0.1) is 0 Å². The lowest BCUT2D eigenvalue weighted by atomic mass is 10.5. The Morgan fingerprint density at radius 2 is 1.86 bits per heavy atom. The van der Waals surface area contributed by atoms with Crippen LogP contribution in [0.5, 0.6) is 0 Å². The number of nitrogens with two attached hydrogens (primary N) is 1. The van der Waals surface area contributed by atoms with Gasteiger partial charge in [-0.25, -0.2) is 4.79 Å². The highest BCUT2D eigenvalue weighted by molar-refractivity contribution is 7.87. The van der Waals surface area contributed by atoms with Crippen LogP contribution in [0.3, 0.4) is 0 Å². The molecule has 1 rings (SSSR count). The summed E-state index contributed by atoms with van der Waals surface area (Å²) in [4.78, 5) is 25.2. The zero-order valence-corrected chi connectivity index (χ0v) is 7.38. The minimum atomic E-state index is -4.61. The molecule has 0 fully saturated rings. The van der Waals surface area contributed by atoms with E-state index in [0.29, 0.717) is 0 Å². The average Bonchev–Trinajstić information content (AvgIpc) is 1.95. The topological polar surface area (TPSA) is 158 Å². The molecule has 0 radical (unpaired) electrons. The summed E-state index contributed by atoms with van der Waals surface area (Å²) in [6.45, 7) is 0. The van der Waals surface area contributed by atoms with Gasteiger partial charge in [0, 0.05) is 0 Å². The van der Waals surface area contributed by atoms with Crippen molar-refractivity contribution in [3.8, 4) is 0 Å². The summed E-state index contributed by atoms with van der Waals surface area (Å²) in [5.41, 5.74) is 2.54. The van der Waals surface area contributed by atoms with E-state index in [1.807, 2.05) is 4.98 Å². The van der Waals surface area contributed by atoms with Gasteiger partial charge in [0.2, 0.25) is 0 Å². The van der Waals surface area contributed by atoms with Crippen LogP contribution in [0.1, 0.15) is 0 Å². The summed E-state index contributed by atoms with van der Waals surface area (Å²) in [6, 6.07) is 0. The molecule has 0 aliphatic carbocycles. The molecule has 9 nitrogen and oxygen atoms in total. The molecule has 0 aliphatic rings. The van der Waals surface area contributed by atoms with Crippen LogP contribution in [-0.4, -0.2) is 22.9 Å². The van der Waals surface area contributed by atoms with Gasteiger partial charge in [0.1, 0.15) is 5.82 Å². The van der Waals surface area contributed by atoms with Gasteiger partial charge < -0.3 is 5.73 Å². The third-order valence-corrected chi connectivity index (χ3v) is 1.66. The maximum Gasteiger partial charge on any atom is 0.357 e. The fraction of sp³-hybridized carbons (Fsp3) is 0. The van der Waals surface area contributed by atoms with Crippen molar-refractivity contribution in [1.29, 1.82) is 0 Å². The predicted octanol–water partition coefficient (Wildman–Crippen LogP) is -2.14. The zero-order chi connectivity index (χ0) is 10.9. The summed E-state index contributed by atoms with van der Waals surface area (Å²) in [6.07, 6.45) is 0. The number of hydrogen-bond donors (Lipinski definition) is 5. The van der Waals surface area contributed by atoms with Crippen LogP contribution >= 0.6 is 0 Å². The van der Waals surface area contributed by atoms with Crippen molar-refractivity contribution in [2.24, 2.45) is 0 Å². The lowest BCUT2D eigenvalue weighted by Gasteiger charge is -2.02. The van der Waals surface area contributed by atoms with Crippen LogP contribution in [0.2, 0.25) is 0 Å². The predicted molar refractivity (Wildman–Crippen MR) is 47.3 cm³/mol. The monoisotopic (exact) mass is 222 g/mol. The summed E-state index contributed by atoms with van der Waals surface area (Å²) in [7, 11) is -4.61. The molecular weight excluding hydrogens is 216 g/mol. The molecule has 0 amide bonds. The van der Waals surface area contributed by atoms with Gasteiger partial charge in [-0.15, -0.1) is 0 Å². The van der Waals surface area contributed by atoms with E-state index in [1.54, 1.807) is 4.98 Å². The van der Waals surface area contributed by atoms with E-state index in [1.165, 1.54) is 4.72 Å². The van der Waals surface area contributed by atoms with E-state index >= 15 is 0 Å². The Balaban J connectivity index is 3.37. The summed E-state index contributed by atoms with van der Waals surface area (Å²) in [5.74, 6) is -0.489. The standard InChI is InChI=1S/C4H6N4O5S/c5-2-1(8-14(11,12)13)3(9)7-4(10)6-2/h8H,(H,11,12,13)(H4,5,6,7,9,10). The van der Waals surface area contributed by atoms with Gasteiger partial charge >= 0.3 is 16.0 Å². The molecule has 14 heavy (non-hydrogen) atoms. The first-order chi connectivity index (χ1) is 6.29. The average molecular weight is 222 g/mol. The van der Waals surface area contributed by atoms with Crippen LogP contribution in [-0.2, 0) is 10.3 Å². The summed E-state index contributed by atoms with van der Waals surface area (Å²) < 4.78 is 30.5. The lowest BCUT2D eigenvalue weighted by molar-refractivity contribution is 0.489. The fourth-order valence-corrected chi connectivity index (χ4v) is 1.19. The van der Waals surface area contributed by atoms with Gasteiger partial charge in [-0.2, -0.15) is 8.42 Å². The minimum absolute atomic E-state index is 0.489. The number of H-pyrrole nitrogens is 2. The van der Waals surface area contributed by atoms with Crippen LogP contribution in [0.15, 0.2) is 9.59 Å². The number of nitrogens with one attached hydrogen (secondary N) is 3. The van der Waals surface area contributed by atoms with E-state index in [9.17, 15) is 18.0 Å². The van der Waals surface area contributed by atoms with E-state index in [-0.39, 0.29) is 0 Å². The van der Waals surface area contributed by atoms with E-state index in [2.05, 4.69) is 0 Å². The second-order valence-electron chi connectivity index (χ2n) is 2.27. The molecule has 0 aromatic carbocycles. The molecular formula is C4H6N4O5S. The normalized spacial score (nSPS) is 11.2. The molecule has 0 atom stereocenters. The van der Waals surface area contributed by atoms with Crippen molar-refractivity contribution in [3.63, 3.8) is 0 Å². The lowest BCUT2D eigenvalue weighted by Crippen LogP contribution is -2.28. The van der Waals surface area contributed by atoms with Crippen molar-refractivity contribution < 1.29 is 13.0 Å². The molecule has 1 heterocycles. The van der Waals surface area contributed by atoms with Crippen molar-refractivity contribution >= 4 is 21.8 Å². The van der Waals surface area contributed by atoms with Gasteiger partial charge in [0.15, 0.2) is 5.69 Å². The highest BCUT2D eigenvalue weighted by Crippen LogP contribution is 2.06. The molecule has 1 aromatic rings. The van der Waals surface area contributed by atoms with E-state index in [0.717, 1.165) is 0 Å². The molecule has 0 spiro atoms. The van der Waals surface area contributed by atoms with E-state index < -0.39 is 33.1 Å². The van der Waals surface area contributed by atoms with Gasteiger partial charge in [-0.05, 0) is 0 Å². The maximum absolute atomic E-state index is 10.9. The molecule has 78 valence electrons. The van der Waals surface area contributed by atoms with Crippen LogP contribution in [0.4, 0.5) is 11.5 Å². The molecule has 0 unspecified atom stereocenters. The summed E-state index contributed by atoms with van der Waals surface area (Å²) in [5, 5.41) is 0. The van der Waals surface area contributed by atoms with Gasteiger partial charge in [0.25, 0.3) is 5.56 Å². The first-order valence-corrected chi connectivity index (χ1v) is 4.61. The van der Waals surface area contributed by atoms with Crippen LogP contribution < -0.4 is 21.7 Å². The molecule has 1 aromatic heterocycles. The largest absolute Gasteiger partial charge is 0.383 e. The molecule has 0 saturated heterocycles. The number of aromatic nitrogens is 2. The van der Waals surface area contributed by atoms with Crippen LogP contribution in [0, 0.1) is 0 Å². The highest BCUT2D eigenvalue weighted by Gasteiger charge is 2.12. The fourth-order valence-electron chi connectivity index (χ4n) is 0.734. The number of rotatable bonds is 2. The Morgan fingerprint density at radius 1 is 1.29 bits per heavy atom. The Bertz CT molecular complexity index is 554. The third-order valence-electron chi connectivity index (χ3n) is 1.20. The number of aromatic amines is 2. The summed E-state index contributed by atoms with van der Waals surface area (Å²) >= 11 is 0. The van der Waals surface area contributed by atoms with Crippen molar-refractivity contribution in [3.05, 3.63) is 20.8 Å². The molecule has 0 saturated carbocycles. The Kier molecular flexibility index (Phi) is 2.32. The van der Waals surface area contributed by atoms with Crippen molar-refractivity contribution in [1.82, 2.24) is 9.97 Å². The first-order valence-electron chi connectivity index (χ1n) is 3.17. The van der Waals surface area contributed by atoms with Gasteiger partial charge in [-0.1, -0.05) is 0 Å². The second kappa shape index (κ2) is 3.16. The molecule has 6 N–H and O–H groups in total. The molecule has 0 bridgehead atoms. The quantitative estimate of drug-likeness (QED) is 0.359. The highest BCUT2D eigenvalue weighted by atomic mass is 32.2. The van der Waals surface area contributed by atoms with E-state index in [4.69, 9.17) is 10.3 Å². The first kappa shape index (κ1) is 10.3. The smallest absolute Gasteiger partial charge is 0.357 e. The zero-order valence-electron chi connectivity index (χ0n) is 6.57. The molecule has 10 heteroatoms. The second-order valence-corrected chi connectivity index (χ2v) is 3.43. The third kappa shape index (κ3) is 2.34. The SMILES string of the molecule is Nc1[nH]c(=O)[nH]c(=O)c1NS(=O)(=O)O. The number of anilines is 2. The van der Waals surface area contributed by atoms with Crippen molar-refractivity contribution in [2.45, 2.75) is 0 Å². The van der Waals surface area contributed by atoms with Crippen molar-refractivity contribution in [2.75, 3.05) is 10.5 Å². The Labute approximate surface area is 76.8 Å². The number of nitrogen functional groups attached to an aromatic ring is 1. The Morgan fingerprint density at radius 3 is 2.29 bits per heavy atom. The molecule has 0 aliphatic heterocycles.